The van der Waals surface area contributed by atoms with Gasteiger partial charge in [0.05, 0.1) is 18.8 Å². The van der Waals surface area contributed by atoms with E-state index in [1.165, 1.54) is 7.11 Å². The first-order chi connectivity index (χ1) is 6.56. The van der Waals surface area contributed by atoms with Crippen molar-refractivity contribution in [2.24, 2.45) is 0 Å². The number of ether oxygens (including phenoxy) is 1. The predicted molar refractivity (Wildman–Crippen MR) is 53.2 cm³/mol. The second-order valence-corrected chi connectivity index (χ2v) is 3.24. The van der Waals surface area contributed by atoms with Gasteiger partial charge in [-0.1, -0.05) is 6.07 Å². The number of aliphatic hydroxyl groups is 1. The van der Waals surface area contributed by atoms with Crippen molar-refractivity contribution in [1.82, 2.24) is 0 Å². The lowest BCUT2D eigenvalue weighted by Gasteiger charge is -2.09. The van der Waals surface area contributed by atoms with Crippen LogP contribution in [0.2, 0.25) is 0 Å². The maximum Gasteiger partial charge on any atom is 0.337 e. The van der Waals surface area contributed by atoms with Crippen molar-refractivity contribution in [3.8, 4) is 0 Å². The largest absolute Gasteiger partial charge is 0.465 e. The molecular weight excluding hydrogens is 180 g/mol. The van der Waals surface area contributed by atoms with E-state index in [0.717, 1.165) is 11.1 Å². The predicted octanol–water partition coefficient (Wildman–Crippen LogP) is 1.83. The van der Waals surface area contributed by atoms with Crippen molar-refractivity contribution in [3.05, 3.63) is 34.9 Å². The second kappa shape index (κ2) is 4.24. The van der Waals surface area contributed by atoms with Crippen LogP contribution in [0, 0.1) is 6.92 Å². The van der Waals surface area contributed by atoms with Crippen LogP contribution in [0.4, 0.5) is 0 Å². The lowest BCUT2D eigenvalue weighted by atomic mass is 10.0. The number of benzene rings is 1. The van der Waals surface area contributed by atoms with Gasteiger partial charge in [-0.2, -0.15) is 0 Å². The second-order valence-electron chi connectivity index (χ2n) is 3.24. The van der Waals surface area contributed by atoms with E-state index >= 15 is 0 Å². The fourth-order valence-corrected chi connectivity index (χ4v) is 1.39. The van der Waals surface area contributed by atoms with Gasteiger partial charge >= 0.3 is 5.97 Å². The SMILES string of the molecule is COC(=O)c1ccc(C(C)O)c(C)c1. The molecule has 1 N–H and O–H groups in total. The number of hydrogen-bond donors (Lipinski definition) is 1. The van der Waals surface area contributed by atoms with Crippen molar-refractivity contribution in [1.29, 1.82) is 0 Å². The smallest absolute Gasteiger partial charge is 0.337 e. The van der Waals surface area contributed by atoms with Crippen molar-refractivity contribution < 1.29 is 14.6 Å². The van der Waals surface area contributed by atoms with Crippen LogP contribution >= 0.6 is 0 Å². The summed E-state index contributed by atoms with van der Waals surface area (Å²) < 4.78 is 4.59. The first-order valence-corrected chi connectivity index (χ1v) is 4.43. The fourth-order valence-electron chi connectivity index (χ4n) is 1.39. The highest BCUT2D eigenvalue weighted by Crippen LogP contribution is 2.18. The third kappa shape index (κ3) is 2.12. The van der Waals surface area contributed by atoms with E-state index in [1.807, 2.05) is 6.92 Å². The highest BCUT2D eigenvalue weighted by molar-refractivity contribution is 5.89. The maximum absolute atomic E-state index is 11.2. The molecule has 0 aliphatic rings. The molecule has 0 saturated carbocycles. The zero-order valence-electron chi connectivity index (χ0n) is 8.57. The van der Waals surface area contributed by atoms with Crippen LogP contribution in [0.1, 0.15) is 34.5 Å². The van der Waals surface area contributed by atoms with Gasteiger partial charge in [0, 0.05) is 0 Å². The maximum atomic E-state index is 11.2. The lowest BCUT2D eigenvalue weighted by Crippen LogP contribution is -2.03. The molecule has 0 bridgehead atoms. The molecule has 0 aliphatic heterocycles. The van der Waals surface area contributed by atoms with Crippen LogP contribution in [0.5, 0.6) is 0 Å². The minimum Gasteiger partial charge on any atom is -0.465 e. The van der Waals surface area contributed by atoms with Gasteiger partial charge in [0.25, 0.3) is 0 Å². The van der Waals surface area contributed by atoms with Crippen LogP contribution in [0.3, 0.4) is 0 Å². The number of hydrogen-bond acceptors (Lipinski definition) is 3. The zero-order valence-corrected chi connectivity index (χ0v) is 8.57. The van der Waals surface area contributed by atoms with E-state index in [1.54, 1.807) is 25.1 Å². The Morgan fingerprint density at radius 1 is 1.50 bits per heavy atom. The Kier molecular flexibility index (Phi) is 3.25. The van der Waals surface area contributed by atoms with Crippen LogP contribution in [0.25, 0.3) is 0 Å². The summed E-state index contributed by atoms with van der Waals surface area (Å²) in [6.45, 7) is 3.55. The monoisotopic (exact) mass is 194 g/mol. The van der Waals surface area contributed by atoms with Gasteiger partial charge in [-0.25, -0.2) is 4.79 Å². The van der Waals surface area contributed by atoms with Gasteiger partial charge < -0.3 is 9.84 Å². The quantitative estimate of drug-likeness (QED) is 0.730. The number of methoxy groups -OCH3 is 1. The Hall–Kier alpha value is -1.35. The van der Waals surface area contributed by atoms with Crippen LogP contribution < -0.4 is 0 Å². The topological polar surface area (TPSA) is 46.5 Å². The summed E-state index contributed by atoms with van der Waals surface area (Å²) in [5.74, 6) is -0.356. The number of carbonyl (C=O) groups is 1. The van der Waals surface area contributed by atoms with Crippen molar-refractivity contribution in [2.45, 2.75) is 20.0 Å². The van der Waals surface area contributed by atoms with E-state index in [9.17, 15) is 9.90 Å². The Balaban J connectivity index is 3.06. The molecular formula is C11H14O3. The Labute approximate surface area is 83.3 Å². The molecule has 0 spiro atoms. The van der Waals surface area contributed by atoms with Gasteiger partial charge in [-0.15, -0.1) is 0 Å². The highest BCUT2D eigenvalue weighted by Gasteiger charge is 2.09. The zero-order chi connectivity index (χ0) is 10.7. The average molecular weight is 194 g/mol. The molecule has 1 rings (SSSR count). The minimum atomic E-state index is -0.512. The molecule has 0 aliphatic carbocycles. The van der Waals surface area contributed by atoms with E-state index in [-0.39, 0.29) is 5.97 Å². The molecule has 3 heteroatoms. The summed E-state index contributed by atoms with van der Waals surface area (Å²) in [6.07, 6.45) is -0.512. The summed E-state index contributed by atoms with van der Waals surface area (Å²) in [6, 6.07) is 5.11. The summed E-state index contributed by atoms with van der Waals surface area (Å²) in [5, 5.41) is 9.38. The first kappa shape index (κ1) is 10.7. The molecule has 0 saturated heterocycles. The van der Waals surface area contributed by atoms with Gasteiger partial charge in [0.1, 0.15) is 0 Å². The van der Waals surface area contributed by atoms with Gasteiger partial charge in [0.15, 0.2) is 0 Å². The molecule has 14 heavy (non-hydrogen) atoms. The summed E-state index contributed by atoms with van der Waals surface area (Å²) in [4.78, 5) is 11.2. The first-order valence-electron chi connectivity index (χ1n) is 4.43. The number of aryl methyl sites for hydroxylation is 1. The molecule has 1 aromatic carbocycles. The third-order valence-electron chi connectivity index (χ3n) is 2.14. The van der Waals surface area contributed by atoms with E-state index in [4.69, 9.17) is 0 Å². The molecule has 3 nitrogen and oxygen atoms in total. The molecule has 1 aromatic rings. The van der Waals surface area contributed by atoms with Crippen LogP contribution in [-0.4, -0.2) is 18.2 Å². The molecule has 0 heterocycles. The minimum absolute atomic E-state index is 0.356. The van der Waals surface area contributed by atoms with Crippen LogP contribution in [-0.2, 0) is 4.74 Å². The van der Waals surface area contributed by atoms with Crippen LogP contribution in [0.15, 0.2) is 18.2 Å². The van der Waals surface area contributed by atoms with E-state index in [0.29, 0.717) is 5.56 Å². The third-order valence-corrected chi connectivity index (χ3v) is 2.14. The molecule has 0 amide bonds. The van der Waals surface area contributed by atoms with Crippen molar-refractivity contribution in [3.63, 3.8) is 0 Å². The fraction of sp³-hybridized carbons (Fsp3) is 0.364. The molecule has 0 radical (unpaired) electrons. The molecule has 0 aromatic heterocycles. The molecule has 1 unspecified atom stereocenters. The Bertz CT molecular complexity index is 342. The van der Waals surface area contributed by atoms with Gasteiger partial charge in [0.2, 0.25) is 0 Å². The summed E-state index contributed by atoms with van der Waals surface area (Å²) >= 11 is 0. The van der Waals surface area contributed by atoms with Crippen molar-refractivity contribution >= 4 is 5.97 Å². The highest BCUT2D eigenvalue weighted by atomic mass is 16.5. The summed E-state index contributed by atoms with van der Waals surface area (Å²) in [5.41, 5.74) is 2.23. The normalized spacial score (nSPS) is 12.3. The summed E-state index contributed by atoms with van der Waals surface area (Å²) in [7, 11) is 1.35. The van der Waals surface area contributed by atoms with Gasteiger partial charge in [-0.05, 0) is 37.1 Å². The lowest BCUT2D eigenvalue weighted by molar-refractivity contribution is 0.0600. The number of esters is 1. The average Bonchev–Trinajstić information content (AvgIpc) is 2.15. The number of carbonyl (C=O) groups excluding carboxylic acids is 1. The molecule has 1 atom stereocenters. The standard InChI is InChI=1S/C11H14O3/c1-7-6-9(11(13)14-3)4-5-10(7)8(2)12/h4-6,8,12H,1-3H3. The van der Waals surface area contributed by atoms with E-state index in [2.05, 4.69) is 4.74 Å². The number of rotatable bonds is 2. The number of aliphatic hydroxyl groups excluding tert-OH is 1. The van der Waals surface area contributed by atoms with Gasteiger partial charge in [-0.3, -0.25) is 0 Å². The van der Waals surface area contributed by atoms with E-state index < -0.39 is 6.10 Å². The van der Waals surface area contributed by atoms with Crippen molar-refractivity contribution in [2.75, 3.05) is 7.11 Å². The molecule has 0 fully saturated rings. The Morgan fingerprint density at radius 2 is 2.14 bits per heavy atom. The molecule has 76 valence electrons. The Morgan fingerprint density at radius 3 is 2.57 bits per heavy atom.